The zero-order valence-electron chi connectivity index (χ0n) is 20.7. The van der Waals surface area contributed by atoms with Crippen LogP contribution < -0.4 is 10.2 Å². The Bertz CT molecular complexity index is 1270. The number of benzene rings is 2. The fourth-order valence-electron chi connectivity index (χ4n) is 4.90. The minimum Gasteiger partial charge on any atom is -0.462 e. The molecule has 4 rings (SSSR count). The summed E-state index contributed by atoms with van der Waals surface area (Å²) < 4.78 is 33.0. The number of nitrogens with one attached hydrogen (secondary N) is 1. The van der Waals surface area contributed by atoms with Gasteiger partial charge in [-0.2, -0.15) is 4.31 Å². The Balaban J connectivity index is 1.37. The van der Waals surface area contributed by atoms with E-state index in [-0.39, 0.29) is 48.4 Å². The van der Waals surface area contributed by atoms with Crippen LogP contribution in [-0.4, -0.2) is 56.2 Å². The summed E-state index contributed by atoms with van der Waals surface area (Å²) in [6.45, 7) is 5.97. The van der Waals surface area contributed by atoms with Crippen molar-refractivity contribution in [2.45, 2.75) is 51.0 Å². The SMILES string of the molecule is CCOC(=O)c1ccc(NC(=O)C2CCN(S(=O)(=O)c3ccc4c(c3)CC(C)N4C(C)=O)CC2)cc1. The first-order chi connectivity index (χ1) is 17.1. The van der Waals surface area contributed by atoms with E-state index in [1.54, 1.807) is 54.3 Å². The molecule has 36 heavy (non-hydrogen) atoms. The van der Waals surface area contributed by atoms with Gasteiger partial charge in [0, 0.05) is 43.3 Å². The van der Waals surface area contributed by atoms with E-state index in [9.17, 15) is 22.8 Å². The molecule has 2 aromatic rings. The summed E-state index contributed by atoms with van der Waals surface area (Å²) in [6, 6.07) is 11.4. The van der Waals surface area contributed by atoms with Gasteiger partial charge >= 0.3 is 5.97 Å². The fourth-order valence-corrected chi connectivity index (χ4v) is 6.42. The quantitative estimate of drug-likeness (QED) is 0.594. The molecule has 2 aliphatic heterocycles. The summed E-state index contributed by atoms with van der Waals surface area (Å²) in [4.78, 5) is 38.4. The van der Waals surface area contributed by atoms with E-state index in [2.05, 4.69) is 5.32 Å². The summed E-state index contributed by atoms with van der Waals surface area (Å²) in [7, 11) is -3.71. The topological polar surface area (TPSA) is 113 Å². The van der Waals surface area contributed by atoms with Crippen molar-refractivity contribution in [2.75, 3.05) is 29.9 Å². The summed E-state index contributed by atoms with van der Waals surface area (Å²) in [5.74, 6) is -0.969. The third-order valence-electron chi connectivity index (χ3n) is 6.73. The molecule has 2 aromatic carbocycles. The van der Waals surface area contributed by atoms with Crippen LogP contribution >= 0.6 is 0 Å². The van der Waals surface area contributed by atoms with Crippen molar-refractivity contribution in [1.82, 2.24) is 4.31 Å². The lowest BCUT2D eigenvalue weighted by atomic mass is 9.97. The second kappa shape index (κ2) is 10.4. The van der Waals surface area contributed by atoms with Crippen molar-refractivity contribution >= 4 is 39.2 Å². The zero-order chi connectivity index (χ0) is 26.0. The molecule has 1 unspecified atom stereocenters. The number of carbonyl (C=O) groups excluding carboxylic acids is 3. The number of anilines is 2. The second-order valence-electron chi connectivity index (χ2n) is 9.20. The lowest BCUT2D eigenvalue weighted by molar-refractivity contribution is -0.121. The van der Waals surface area contributed by atoms with Gasteiger partial charge in [-0.1, -0.05) is 0 Å². The number of ether oxygens (including phenoxy) is 1. The third-order valence-corrected chi connectivity index (χ3v) is 8.63. The summed E-state index contributed by atoms with van der Waals surface area (Å²) in [5, 5.41) is 2.85. The van der Waals surface area contributed by atoms with Crippen LogP contribution in [0.25, 0.3) is 0 Å². The first-order valence-electron chi connectivity index (χ1n) is 12.1. The van der Waals surface area contributed by atoms with Gasteiger partial charge in [0.05, 0.1) is 17.1 Å². The highest BCUT2D eigenvalue weighted by Crippen LogP contribution is 2.35. The Morgan fingerprint density at radius 2 is 1.72 bits per heavy atom. The second-order valence-corrected chi connectivity index (χ2v) is 11.1. The van der Waals surface area contributed by atoms with Gasteiger partial charge in [0.25, 0.3) is 0 Å². The van der Waals surface area contributed by atoms with Crippen molar-refractivity contribution < 1.29 is 27.5 Å². The van der Waals surface area contributed by atoms with Crippen LogP contribution in [0, 0.1) is 5.92 Å². The number of rotatable bonds is 6. The Morgan fingerprint density at radius 3 is 2.33 bits per heavy atom. The van der Waals surface area contributed by atoms with Crippen LogP contribution in [-0.2, 0) is 30.8 Å². The molecule has 1 N–H and O–H groups in total. The predicted octanol–water partition coefficient (Wildman–Crippen LogP) is 3.20. The normalized spacial score (nSPS) is 18.5. The van der Waals surface area contributed by atoms with Crippen LogP contribution in [0.5, 0.6) is 0 Å². The van der Waals surface area contributed by atoms with Crippen molar-refractivity contribution in [3.63, 3.8) is 0 Å². The number of nitrogens with zero attached hydrogens (tertiary/aromatic N) is 2. The molecule has 0 aromatic heterocycles. The van der Waals surface area contributed by atoms with Crippen LogP contribution in [0.1, 0.15) is 49.5 Å². The Labute approximate surface area is 211 Å². The summed E-state index contributed by atoms with van der Waals surface area (Å²) in [5.41, 5.74) is 2.58. The maximum Gasteiger partial charge on any atom is 0.338 e. The van der Waals surface area contributed by atoms with E-state index in [0.29, 0.717) is 30.5 Å². The molecule has 2 aliphatic rings. The molecule has 10 heteroatoms. The Kier molecular flexibility index (Phi) is 7.46. The molecule has 192 valence electrons. The molecular weight excluding hydrogens is 482 g/mol. The highest BCUT2D eigenvalue weighted by Gasteiger charge is 2.34. The number of sulfonamides is 1. The van der Waals surface area contributed by atoms with Gasteiger partial charge in [-0.05, 0) is 81.1 Å². The number of amides is 2. The predicted molar refractivity (Wildman–Crippen MR) is 135 cm³/mol. The molecular formula is C26H31N3O6S. The summed E-state index contributed by atoms with van der Waals surface area (Å²) in [6.07, 6.45) is 1.43. The maximum absolute atomic E-state index is 13.3. The van der Waals surface area contributed by atoms with Gasteiger partial charge in [0.1, 0.15) is 0 Å². The smallest absolute Gasteiger partial charge is 0.338 e. The van der Waals surface area contributed by atoms with Gasteiger partial charge in [-0.25, -0.2) is 13.2 Å². The van der Waals surface area contributed by atoms with E-state index < -0.39 is 16.0 Å². The number of hydrogen-bond donors (Lipinski definition) is 1. The molecule has 0 bridgehead atoms. The highest BCUT2D eigenvalue weighted by atomic mass is 32.2. The van der Waals surface area contributed by atoms with Crippen LogP contribution in [0.4, 0.5) is 11.4 Å². The fraction of sp³-hybridized carbons (Fsp3) is 0.423. The van der Waals surface area contributed by atoms with E-state index in [0.717, 1.165) is 11.3 Å². The lowest BCUT2D eigenvalue weighted by Crippen LogP contribution is -2.41. The van der Waals surface area contributed by atoms with Gasteiger partial charge in [0.15, 0.2) is 0 Å². The standard InChI is InChI=1S/C26H31N3O6S/c1-4-35-26(32)20-5-7-22(8-6-20)27-25(31)19-11-13-28(14-12-19)36(33,34)23-9-10-24-21(16-23)15-17(2)29(24)18(3)30/h5-10,16-17,19H,4,11-15H2,1-3H3,(H,27,31). The number of piperidine rings is 1. The number of esters is 1. The van der Waals surface area contributed by atoms with E-state index in [4.69, 9.17) is 4.74 Å². The number of hydrogen-bond acceptors (Lipinski definition) is 6. The van der Waals surface area contributed by atoms with E-state index in [1.807, 2.05) is 6.92 Å². The average Bonchev–Trinajstić information content (AvgIpc) is 3.19. The molecule has 2 amide bonds. The number of carbonyl (C=O) groups is 3. The molecule has 1 fully saturated rings. The van der Waals surface area contributed by atoms with Gasteiger partial charge in [-0.3, -0.25) is 9.59 Å². The molecule has 1 saturated heterocycles. The molecule has 0 aliphatic carbocycles. The zero-order valence-corrected chi connectivity index (χ0v) is 21.5. The Morgan fingerprint density at radius 1 is 1.06 bits per heavy atom. The number of fused-ring (bicyclic) bond motifs is 1. The van der Waals surface area contributed by atoms with Crippen molar-refractivity contribution in [3.8, 4) is 0 Å². The summed E-state index contributed by atoms with van der Waals surface area (Å²) >= 11 is 0. The van der Waals surface area contributed by atoms with Crippen LogP contribution in [0.3, 0.4) is 0 Å². The van der Waals surface area contributed by atoms with E-state index in [1.165, 1.54) is 11.2 Å². The van der Waals surface area contributed by atoms with Gasteiger partial charge < -0.3 is 15.0 Å². The first-order valence-corrected chi connectivity index (χ1v) is 13.6. The molecule has 1 atom stereocenters. The third kappa shape index (κ3) is 5.15. The monoisotopic (exact) mass is 513 g/mol. The van der Waals surface area contributed by atoms with Crippen LogP contribution in [0.15, 0.2) is 47.4 Å². The molecule has 9 nitrogen and oxygen atoms in total. The van der Waals surface area contributed by atoms with Crippen molar-refractivity contribution in [2.24, 2.45) is 5.92 Å². The lowest BCUT2D eigenvalue weighted by Gasteiger charge is -2.30. The largest absolute Gasteiger partial charge is 0.462 e. The molecule has 0 saturated carbocycles. The minimum atomic E-state index is -3.71. The Hall–Kier alpha value is -3.24. The maximum atomic E-state index is 13.3. The average molecular weight is 514 g/mol. The highest BCUT2D eigenvalue weighted by molar-refractivity contribution is 7.89. The molecule has 2 heterocycles. The van der Waals surface area contributed by atoms with Crippen molar-refractivity contribution in [3.05, 3.63) is 53.6 Å². The van der Waals surface area contributed by atoms with Crippen molar-refractivity contribution in [1.29, 1.82) is 0 Å². The van der Waals surface area contributed by atoms with Gasteiger partial charge in [-0.15, -0.1) is 0 Å². The minimum absolute atomic E-state index is 0.00826. The molecule has 0 spiro atoms. The molecule has 0 radical (unpaired) electrons. The first kappa shape index (κ1) is 25.8. The van der Waals surface area contributed by atoms with Gasteiger partial charge in [0.2, 0.25) is 21.8 Å². The van der Waals surface area contributed by atoms with E-state index >= 15 is 0 Å². The van der Waals surface area contributed by atoms with Crippen LogP contribution in [0.2, 0.25) is 0 Å².